The fraction of sp³-hybridized carbons (Fsp3) is 0.333. The van der Waals surface area contributed by atoms with Crippen molar-refractivity contribution in [2.24, 2.45) is 0 Å². The van der Waals surface area contributed by atoms with Crippen LogP contribution in [0.1, 0.15) is 37.3 Å². The van der Waals surface area contributed by atoms with Gasteiger partial charge in [0.15, 0.2) is 0 Å². The molecular weight excluding hydrogens is 294 g/mol. The Labute approximate surface area is 133 Å². The lowest BCUT2D eigenvalue weighted by Gasteiger charge is -2.18. The molecule has 2 rings (SSSR count). The van der Waals surface area contributed by atoms with Crippen molar-refractivity contribution in [3.8, 4) is 0 Å². The summed E-state index contributed by atoms with van der Waals surface area (Å²) in [6.45, 7) is 4.64. The van der Waals surface area contributed by atoms with Crippen LogP contribution in [-0.2, 0) is 16.6 Å². The van der Waals surface area contributed by atoms with Gasteiger partial charge >= 0.3 is 0 Å². The van der Waals surface area contributed by atoms with E-state index < -0.39 is 10.0 Å². The van der Waals surface area contributed by atoms with Crippen molar-refractivity contribution in [2.75, 3.05) is 7.05 Å². The zero-order valence-corrected chi connectivity index (χ0v) is 14.2. The maximum absolute atomic E-state index is 12.6. The van der Waals surface area contributed by atoms with Gasteiger partial charge in [-0.2, -0.15) is 4.31 Å². The van der Waals surface area contributed by atoms with E-state index in [1.165, 1.54) is 9.87 Å². The predicted octanol–water partition coefficient (Wildman–Crippen LogP) is 4.02. The van der Waals surface area contributed by atoms with Crippen LogP contribution in [0.5, 0.6) is 0 Å². The van der Waals surface area contributed by atoms with Crippen LogP contribution in [0.25, 0.3) is 0 Å². The second-order valence-electron chi connectivity index (χ2n) is 5.63. The highest BCUT2D eigenvalue weighted by molar-refractivity contribution is 7.89. The molecule has 2 aromatic rings. The molecule has 118 valence electrons. The molecule has 3 nitrogen and oxygen atoms in total. The van der Waals surface area contributed by atoms with Crippen molar-refractivity contribution in [3.05, 3.63) is 65.7 Å². The molecule has 0 saturated carbocycles. The summed E-state index contributed by atoms with van der Waals surface area (Å²) in [6, 6.07) is 16.8. The number of hydrogen-bond acceptors (Lipinski definition) is 2. The zero-order chi connectivity index (χ0) is 16.2. The van der Waals surface area contributed by atoms with Crippen LogP contribution in [0.2, 0.25) is 0 Å². The van der Waals surface area contributed by atoms with E-state index in [-0.39, 0.29) is 0 Å². The summed E-state index contributed by atoms with van der Waals surface area (Å²) >= 11 is 0. The fourth-order valence-corrected chi connectivity index (χ4v) is 3.47. The molecule has 0 saturated heterocycles. The number of nitrogens with zero attached hydrogens (tertiary/aromatic N) is 1. The smallest absolute Gasteiger partial charge is 0.207 e. The van der Waals surface area contributed by atoms with Crippen LogP contribution in [0.3, 0.4) is 0 Å². The summed E-state index contributed by atoms with van der Waals surface area (Å²) in [4.78, 5) is 0.345. The van der Waals surface area contributed by atoms with Gasteiger partial charge in [0, 0.05) is 13.6 Å². The molecule has 0 aliphatic heterocycles. The topological polar surface area (TPSA) is 37.4 Å². The van der Waals surface area contributed by atoms with E-state index in [0.717, 1.165) is 12.0 Å². The van der Waals surface area contributed by atoms with Gasteiger partial charge in [-0.3, -0.25) is 0 Å². The highest BCUT2D eigenvalue weighted by Crippen LogP contribution is 2.22. The first-order chi connectivity index (χ1) is 10.4. The summed E-state index contributed by atoms with van der Waals surface area (Å²) in [5.41, 5.74) is 2.15. The minimum absolute atomic E-state index is 0.345. The quantitative estimate of drug-likeness (QED) is 0.807. The fourth-order valence-electron chi connectivity index (χ4n) is 2.31. The van der Waals surface area contributed by atoms with Gasteiger partial charge in [0.25, 0.3) is 0 Å². The second-order valence-corrected chi connectivity index (χ2v) is 7.67. The zero-order valence-electron chi connectivity index (χ0n) is 13.4. The Morgan fingerprint density at radius 1 is 1.00 bits per heavy atom. The molecule has 22 heavy (non-hydrogen) atoms. The van der Waals surface area contributed by atoms with Gasteiger partial charge in [0.05, 0.1) is 4.90 Å². The molecule has 0 aliphatic rings. The van der Waals surface area contributed by atoms with Gasteiger partial charge in [0.1, 0.15) is 0 Å². The normalized spacial score (nSPS) is 13.3. The summed E-state index contributed by atoms with van der Waals surface area (Å²) < 4.78 is 26.6. The number of hydrogen-bond donors (Lipinski definition) is 0. The van der Waals surface area contributed by atoms with E-state index in [4.69, 9.17) is 0 Å². The number of rotatable bonds is 6. The molecule has 0 heterocycles. The third-order valence-electron chi connectivity index (χ3n) is 4.02. The van der Waals surface area contributed by atoms with Crippen LogP contribution in [0, 0.1) is 0 Å². The molecule has 2 aromatic carbocycles. The average Bonchev–Trinajstić information content (AvgIpc) is 2.55. The van der Waals surface area contributed by atoms with Gasteiger partial charge in [-0.25, -0.2) is 8.42 Å². The van der Waals surface area contributed by atoms with Crippen molar-refractivity contribution < 1.29 is 8.42 Å². The number of benzene rings is 2. The first-order valence-corrected chi connectivity index (χ1v) is 8.99. The van der Waals surface area contributed by atoms with Crippen molar-refractivity contribution in [3.63, 3.8) is 0 Å². The van der Waals surface area contributed by atoms with E-state index in [9.17, 15) is 8.42 Å². The van der Waals surface area contributed by atoms with Crippen molar-refractivity contribution in [2.45, 2.75) is 37.6 Å². The largest absolute Gasteiger partial charge is 0.243 e. The van der Waals surface area contributed by atoms with Gasteiger partial charge in [-0.15, -0.1) is 0 Å². The lowest BCUT2D eigenvalue weighted by molar-refractivity contribution is 0.466. The number of sulfonamides is 1. The SMILES string of the molecule is CCC(C)c1ccc(S(=O)(=O)N(C)Cc2ccccc2)cc1. The summed E-state index contributed by atoms with van der Waals surface area (Å²) in [5, 5.41) is 0. The van der Waals surface area contributed by atoms with Gasteiger partial charge < -0.3 is 0 Å². The first-order valence-electron chi connectivity index (χ1n) is 7.55. The third kappa shape index (κ3) is 3.76. The monoisotopic (exact) mass is 317 g/mol. The Hall–Kier alpha value is -1.65. The van der Waals surface area contributed by atoms with Crippen LogP contribution < -0.4 is 0 Å². The lowest BCUT2D eigenvalue weighted by atomic mass is 9.99. The second kappa shape index (κ2) is 7.07. The van der Waals surface area contributed by atoms with Crippen molar-refractivity contribution >= 4 is 10.0 Å². The Bertz CT molecular complexity index is 694. The summed E-state index contributed by atoms with van der Waals surface area (Å²) in [6.07, 6.45) is 1.04. The van der Waals surface area contributed by atoms with Crippen molar-refractivity contribution in [1.29, 1.82) is 0 Å². The molecular formula is C18H23NO2S. The highest BCUT2D eigenvalue weighted by atomic mass is 32.2. The Morgan fingerprint density at radius 2 is 1.59 bits per heavy atom. The van der Waals surface area contributed by atoms with E-state index >= 15 is 0 Å². The lowest BCUT2D eigenvalue weighted by Crippen LogP contribution is -2.26. The van der Waals surface area contributed by atoms with Crippen LogP contribution >= 0.6 is 0 Å². The van der Waals surface area contributed by atoms with Gasteiger partial charge in [-0.05, 0) is 35.6 Å². The van der Waals surface area contributed by atoms with E-state index in [1.807, 2.05) is 42.5 Å². The summed E-state index contributed by atoms with van der Waals surface area (Å²) in [7, 11) is -1.84. The summed E-state index contributed by atoms with van der Waals surface area (Å²) in [5.74, 6) is 0.443. The Kier molecular flexibility index (Phi) is 5.37. The average molecular weight is 317 g/mol. The first kappa shape index (κ1) is 16.7. The Balaban J connectivity index is 2.19. The molecule has 0 aliphatic carbocycles. The minimum Gasteiger partial charge on any atom is -0.207 e. The maximum atomic E-state index is 12.6. The third-order valence-corrected chi connectivity index (χ3v) is 5.84. The van der Waals surface area contributed by atoms with E-state index in [1.54, 1.807) is 19.2 Å². The molecule has 0 amide bonds. The highest BCUT2D eigenvalue weighted by Gasteiger charge is 2.20. The Morgan fingerprint density at radius 3 is 2.14 bits per heavy atom. The minimum atomic E-state index is -3.45. The molecule has 0 aromatic heterocycles. The van der Waals surface area contributed by atoms with Crippen LogP contribution in [0.15, 0.2) is 59.5 Å². The molecule has 0 fully saturated rings. The predicted molar refractivity (Wildman–Crippen MR) is 90.2 cm³/mol. The molecule has 0 spiro atoms. The molecule has 0 bridgehead atoms. The van der Waals surface area contributed by atoms with E-state index in [2.05, 4.69) is 13.8 Å². The van der Waals surface area contributed by atoms with Crippen LogP contribution in [0.4, 0.5) is 0 Å². The van der Waals surface area contributed by atoms with Crippen molar-refractivity contribution in [1.82, 2.24) is 4.31 Å². The van der Waals surface area contributed by atoms with Gasteiger partial charge in [-0.1, -0.05) is 56.3 Å². The maximum Gasteiger partial charge on any atom is 0.243 e. The molecule has 0 N–H and O–H groups in total. The van der Waals surface area contributed by atoms with E-state index in [0.29, 0.717) is 17.4 Å². The molecule has 1 atom stereocenters. The van der Waals surface area contributed by atoms with Crippen LogP contribution in [-0.4, -0.2) is 19.8 Å². The molecule has 1 unspecified atom stereocenters. The standard InChI is InChI=1S/C18H23NO2S/c1-4-15(2)17-10-12-18(13-11-17)22(20,21)19(3)14-16-8-6-5-7-9-16/h5-13,15H,4,14H2,1-3H3. The molecule has 4 heteroatoms. The van der Waals surface area contributed by atoms with Gasteiger partial charge in [0.2, 0.25) is 10.0 Å². The molecule has 0 radical (unpaired) electrons.